The van der Waals surface area contributed by atoms with E-state index < -0.39 is 18.1 Å². The summed E-state index contributed by atoms with van der Waals surface area (Å²) in [6.07, 6.45) is -1.22. The van der Waals surface area contributed by atoms with E-state index in [1.165, 1.54) is 0 Å². The van der Waals surface area contributed by atoms with Crippen molar-refractivity contribution in [3.05, 3.63) is 95.6 Å². The molecule has 0 unspecified atom stereocenters. The molecule has 1 aliphatic carbocycles. The number of ketones is 1. The van der Waals surface area contributed by atoms with Gasteiger partial charge in [0.15, 0.2) is 5.78 Å². The molecule has 0 saturated carbocycles. The number of fused-ring (bicyclic) bond motifs is 3. The van der Waals surface area contributed by atoms with Crippen molar-refractivity contribution in [1.29, 1.82) is 0 Å². The molecular weight excluding hydrogens is 394 g/mol. The van der Waals surface area contributed by atoms with Crippen LogP contribution >= 0.6 is 0 Å². The summed E-state index contributed by atoms with van der Waals surface area (Å²) in [7, 11) is 0. The number of carboxylic acids is 1. The second-order valence-corrected chi connectivity index (χ2v) is 7.35. The summed E-state index contributed by atoms with van der Waals surface area (Å²) < 4.78 is 5.38. The van der Waals surface area contributed by atoms with Crippen LogP contribution in [0.15, 0.2) is 78.9 Å². The Morgan fingerprint density at radius 1 is 0.839 bits per heavy atom. The highest BCUT2D eigenvalue weighted by atomic mass is 16.5. The Bertz CT molecular complexity index is 1080. The quantitative estimate of drug-likeness (QED) is 0.563. The highest BCUT2D eigenvalue weighted by Crippen LogP contribution is 2.44. The third-order valence-corrected chi connectivity index (χ3v) is 5.42. The van der Waals surface area contributed by atoms with Crippen molar-refractivity contribution in [2.75, 3.05) is 6.61 Å². The lowest BCUT2D eigenvalue weighted by molar-refractivity contribution is -0.139. The third-order valence-electron chi connectivity index (χ3n) is 5.42. The van der Waals surface area contributed by atoms with E-state index in [0.717, 1.165) is 22.3 Å². The SMILES string of the molecule is O=C(N[C@@H](CC(=O)c1ccccc1)C(=O)O)OCC1c2ccccc2-c2ccccc21. The molecule has 4 rings (SSSR count). The monoisotopic (exact) mass is 415 g/mol. The van der Waals surface area contributed by atoms with Crippen molar-refractivity contribution in [2.24, 2.45) is 0 Å². The fourth-order valence-corrected chi connectivity index (χ4v) is 3.91. The van der Waals surface area contributed by atoms with E-state index in [1.807, 2.05) is 48.5 Å². The third kappa shape index (κ3) is 4.33. The Morgan fingerprint density at radius 3 is 1.97 bits per heavy atom. The van der Waals surface area contributed by atoms with Crippen LogP contribution in [0.3, 0.4) is 0 Å². The first-order valence-corrected chi connectivity index (χ1v) is 9.97. The number of carboxylic acid groups (broad SMARTS) is 1. The molecule has 156 valence electrons. The summed E-state index contributed by atoms with van der Waals surface area (Å²) in [4.78, 5) is 36.2. The van der Waals surface area contributed by atoms with Crippen LogP contribution < -0.4 is 5.32 Å². The van der Waals surface area contributed by atoms with E-state index in [1.54, 1.807) is 30.3 Å². The molecule has 6 heteroatoms. The van der Waals surface area contributed by atoms with Crippen molar-refractivity contribution >= 4 is 17.8 Å². The van der Waals surface area contributed by atoms with E-state index in [0.29, 0.717) is 5.56 Å². The summed E-state index contributed by atoms with van der Waals surface area (Å²) in [5.74, 6) is -1.79. The smallest absolute Gasteiger partial charge is 0.407 e. The number of hydrogen-bond acceptors (Lipinski definition) is 4. The fourth-order valence-electron chi connectivity index (χ4n) is 3.91. The molecule has 6 nitrogen and oxygen atoms in total. The highest BCUT2D eigenvalue weighted by Gasteiger charge is 2.30. The standard InChI is InChI=1S/C25H21NO5/c27-23(16-8-2-1-3-9-16)14-22(24(28)29)26-25(30)31-15-21-19-12-6-4-10-17(19)18-11-5-7-13-20(18)21/h1-13,21-22H,14-15H2,(H,26,30)(H,28,29)/t22-/m0/s1. The first kappa shape index (κ1) is 20.3. The van der Waals surface area contributed by atoms with Gasteiger partial charge in [0.1, 0.15) is 12.6 Å². The van der Waals surface area contributed by atoms with Crippen LogP contribution in [-0.2, 0) is 9.53 Å². The topological polar surface area (TPSA) is 92.7 Å². The van der Waals surface area contributed by atoms with Crippen LogP contribution in [0.2, 0.25) is 0 Å². The minimum Gasteiger partial charge on any atom is -0.480 e. The Hall–Kier alpha value is -3.93. The summed E-state index contributed by atoms with van der Waals surface area (Å²) in [6, 6.07) is 22.9. The molecule has 3 aromatic carbocycles. The van der Waals surface area contributed by atoms with Gasteiger partial charge in [-0.15, -0.1) is 0 Å². The zero-order valence-electron chi connectivity index (χ0n) is 16.7. The van der Waals surface area contributed by atoms with Gasteiger partial charge >= 0.3 is 12.1 Å². The van der Waals surface area contributed by atoms with Gasteiger partial charge in [0.2, 0.25) is 0 Å². The first-order valence-electron chi connectivity index (χ1n) is 9.97. The molecule has 0 aromatic heterocycles. The van der Waals surface area contributed by atoms with Gasteiger partial charge in [-0.2, -0.15) is 0 Å². The molecule has 2 N–H and O–H groups in total. The van der Waals surface area contributed by atoms with Crippen LogP contribution in [0, 0.1) is 0 Å². The number of carbonyl (C=O) groups is 3. The number of aliphatic carboxylic acids is 1. The molecule has 0 radical (unpaired) electrons. The van der Waals surface area contributed by atoms with Crippen LogP contribution in [0.4, 0.5) is 4.79 Å². The lowest BCUT2D eigenvalue weighted by Gasteiger charge is -2.17. The van der Waals surface area contributed by atoms with Crippen LogP contribution in [0.25, 0.3) is 11.1 Å². The van der Waals surface area contributed by atoms with E-state index in [-0.39, 0.29) is 24.7 Å². The lowest BCUT2D eigenvalue weighted by atomic mass is 9.98. The number of rotatable bonds is 7. The first-order chi connectivity index (χ1) is 15.0. The van der Waals surface area contributed by atoms with Crippen molar-refractivity contribution in [3.8, 4) is 11.1 Å². The van der Waals surface area contributed by atoms with E-state index in [9.17, 15) is 19.5 Å². The summed E-state index contributed by atoms with van der Waals surface area (Å²) >= 11 is 0. The lowest BCUT2D eigenvalue weighted by Crippen LogP contribution is -2.42. The minimum absolute atomic E-state index is 0.0683. The van der Waals surface area contributed by atoms with Crippen LogP contribution in [0.5, 0.6) is 0 Å². The largest absolute Gasteiger partial charge is 0.480 e. The van der Waals surface area contributed by atoms with Gasteiger partial charge in [0, 0.05) is 17.9 Å². The van der Waals surface area contributed by atoms with Gasteiger partial charge in [-0.3, -0.25) is 4.79 Å². The molecule has 0 fully saturated rings. The molecule has 0 heterocycles. The maximum atomic E-state index is 12.3. The van der Waals surface area contributed by atoms with Gasteiger partial charge in [-0.05, 0) is 22.3 Å². The summed E-state index contributed by atoms with van der Waals surface area (Å²) in [5, 5.41) is 11.7. The number of hydrogen-bond donors (Lipinski definition) is 2. The molecule has 0 aliphatic heterocycles. The number of ether oxygens (including phenoxy) is 1. The number of amides is 1. The Labute approximate surface area is 179 Å². The van der Waals surface area contributed by atoms with Gasteiger partial charge in [-0.1, -0.05) is 78.9 Å². The van der Waals surface area contributed by atoms with Crippen LogP contribution in [-0.4, -0.2) is 35.6 Å². The van der Waals surface area contributed by atoms with E-state index in [2.05, 4.69) is 5.32 Å². The number of benzene rings is 3. The van der Waals surface area contributed by atoms with Gasteiger partial charge in [0.05, 0.1) is 0 Å². The molecule has 1 atom stereocenters. The highest BCUT2D eigenvalue weighted by molar-refractivity contribution is 5.99. The molecule has 0 saturated heterocycles. The second kappa shape index (κ2) is 8.83. The molecule has 1 amide bonds. The maximum absolute atomic E-state index is 12.3. The molecule has 0 bridgehead atoms. The molecule has 1 aliphatic rings. The Morgan fingerprint density at radius 2 is 1.39 bits per heavy atom. The number of Topliss-reactive ketones (excluding diaryl/α,β-unsaturated/α-hetero) is 1. The minimum atomic E-state index is -1.37. The van der Waals surface area contributed by atoms with Crippen LogP contribution in [0.1, 0.15) is 33.8 Å². The van der Waals surface area contributed by atoms with Crippen molar-refractivity contribution in [2.45, 2.75) is 18.4 Å². The second-order valence-electron chi connectivity index (χ2n) is 7.35. The number of nitrogens with one attached hydrogen (secondary N) is 1. The Balaban J connectivity index is 1.41. The van der Waals surface area contributed by atoms with Gasteiger partial charge in [0.25, 0.3) is 0 Å². The van der Waals surface area contributed by atoms with E-state index >= 15 is 0 Å². The molecular formula is C25H21NO5. The fraction of sp³-hybridized carbons (Fsp3) is 0.160. The number of carbonyl (C=O) groups excluding carboxylic acids is 2. The molecule has 3 aromatic rings. The molecule has 0 spiro atoms. The predicted molar refractivity (Wildman–Crippen MR) is 115 cm³/mol. The van der Waals surface area contributed by atoms with Gasteiger partial charge in [-0.25, -0.2) is 9.59 Å². The average molecular weight is 415 g/mol. The average Bonchev–Trinajstić information content (AvgIpc) is 3.11. The normalized spacial score (nSPS) is 13.0. The zero-order valence-corrected chi connectivity index (χ0v) is 16.7. The van der Waals surface area contributed by atoms with Crippen molar-refractivity contribution in [3.63, 3.8) is 0 Å². The summed E-state index contributed by atoms with van der Waals surface area (Å²) in [5.41, 5.74) is 4.71. The van der Waals surface area contributed by atoms with Crippen molar-refractivity contribution in [1.82, 2.24) is 5.32 Å². The molecule has 31 heavy (non-hydrogen) atoms. The van der Waals surface area contributed by atoms with Gasteiger partial charge < -0.3 is 15.2 Å². The predicted octanol–water partition coefficient (Wildman–Crippen LogP) is 4.25. The van der Waals surface area contributed by atoms with E-state index in [4.69, 9.17) is 4.74 Å². The maximum Gasteiger partial charge on any atom is 0.407 e. The zero-order chi connectivity index (χ0) is 21.8. The van der Waals surface area contributed by atoms with Crippen molar-refractivity contribution < 1.29 is 24.2 Å². The number of alkyl carbamates (subject to hydrolysis) is 1. The Kier molecular flexibility index (Phi) is 5.80. The summed E-state index contributed by atoms with van der Waals surface area (Å²) in [6.45, 7) is 0.0683.